The van der Waals surface area contributed by atoms with Crippen LogP contribution in [-0.4, -0.2) is 112 Å². The van der Waals surface area contributed by atoms with Crippen molar-refractivity contribution in [2.24, 2.45) is 11.5 Å². The topological polar surface area (TPSA) is 250 Å². The molecule has 1 aromatic carbocycles. The number of pyridine rings is 1. The van der Waals surface area contributed by atoms with Crippen LogP contribution in [0.1, 0.15) is 73.3 Å². The number of hydrogen-bond acceptors (Lipinski definition) is 12. The predicted molar refractivity (Wildman–Crippen MR) is 222 cm³/mol. The summed E-state index contributed by atoms with van der Waals surface area (Å²) in [5.74, 6) is -1.54. The molecule has 4 amide bonds. The molecule has 0 saturated carbocycles. The van der Waals surface area contributed by atoms with Crippen LogP contribution in [0.15, 0.2) is 48.7 Å². The zero-order chi connectivity index (χ0) is 42.5. The number of carbonyl (C=O) groups is 4. The first-order chi connectivity index (χ1) is 28.9. The molecule has 0 spiro atoms. The number of imidazole rings is 2. The van der Waals surface area contributed by atoms with Crippen LogP contribution in [0.3, 0.4) is 0 Å². The maximum absolute atomic E-state index is 13.6. The van der Waals surface area contributed by atoms with E-state index in [4.69, 9.17) is 25.9 Å². The van der Waals surface area contributed by atoms with Crippen molar-refractivity contribution in [1.82, 2.24) is 48.5 Å². The molecule has 7 rings (SSSR count). The third kappa shape index (κ3) is 8.88. The predicted octanol–water partition coefficient (Wildman–Crippen LogP) is 2.89. The molecule has 1 fully saturated rings. The molecule has 0 unspecified atom stereocenters. The summed E-state index contributed by atoms with van der Waals surface area (Å²) in [7, 11) is 0. The SMILES string of the molecule is CCn1nc(C(=O)Nc2nc3cc(C(N)=O)cnc3n2C/C=C/Cn2c(NC(=O)c3cc(C)n(CC)n3)nc3cc(C(N)=O)cc(OCCCN4CCOCC4)c32)cc1C. The molecule has 20 heteroatoms. The Labute approximate surface area is 344 Å². The van der Waals surface area contributed by atoms with Gasteiger partial charge in [-0.2, -0.15) is 10.2 Å². The molecular weight excluding hydrogens is 773 g/mol. The van der Waals surface area contributed by atoms with E-state index < -0.39 is 23.6 Å². The van der Waals surface area contributed by atoms with Gasteiger partial charge in [0.1, 0.15) is 16.8 Å². The highest BCUT2D eigenvalue weighted by atomic mass is 16.5. The number of nitrogens with two attached hydrogens (primary N) is 2. The maximum atomic E-state index is 13.6. The Balaban J connectivity index is 1.21. The summed E-state index contributed by atoms with van der Waals surface area (Å²) in [5.41, 5.74) is 15.4. The molecule has 0 aliphatic carbocycles. The molecule has 1 saturated heterocycles. The van der Waals surface area contributed by atoms with Crippen LogP contribution in [0.4, 0.5) is 11.9 Å². The molecule has 1 aliphatic heterocycles. The molecule has 6 N–H and O–H groups in total. The normalized spacial score (nSPS) is 13.4. The average molecular weight is 821 g/mol. The maximum Gasteiger partial charge on any atom is 0.278 e. The van der Waals surface area contributed by atoms with Gasteiger partial charge in [0.05, 0.1) is 30.9 Å². The van der Waals surface area contributed by atoms with E-state index in [1.54, 1.807) is 42.8 Å². The van der Waals surface area contributed by atoms with Gasteiger partial charge in [-0.25, -0.2) is 15.0 Å². The van der Waals surface area contributed by atoms with Crippen LogP contribution >= 0.6 is 0 Å². The number of amides is 4. The number of ether oxygens (including phenoxy) is 2. The van der Waals surface area contributed by atoms with E-state index >= 15 is 0 Å². The fraction of sp³-hybridized carbons (Fsp3) is 0.375. The van der Waals surface area contributed by atoms with E-state index in [1.807, 2.05) is 39.8 Å². The van der Waals surface area contributed by atoms with Gasteiger partial charge in [0, 0.05) is 69.0 Å². The smallest absolute Gasteiger partial charge is 0.278 e. The quantitative estimate of drug-likeness (QED) is 0.0766. The monoisotopic (exact) mass is 820 g/mol. The van der Waals surface area contributed by atoms with E-state index in [2.05, 4.69) is 35.7 Å². The van der Waals surface area contributed by atoms with Crippen molar-refractivity contribution in [2.45, 2.75) is 60.3 Å². The van der Waals surface area contributed by atoms with E-state index in [1.165, 1.54) is 12.3 Å². The lowest BCUT2D eigenvalue weighted by molar-refractivity contribution is 0.0358. The van der Waals surface area contributed by atoms with Crippen LogP contribution in [0.2, 0.25) is 0 Å². The summed E-state index contributed by atoms with van der Waals surface area (Å²) in [4.78, 5) is 67.6. The van der Waals surface area contributed by atoms with Gasteiger partial charge in [-0.1, -0.05) is 12.2 Å². The van der Waals surface area contributed by atoms with Crippen LogP contribution in [-0.2, 0) is 30.9 Å². The number of aryl methyl sites for hydroxylation is 4. The minimum absolute atomic E-state index is 0.162. The summed E-state index contributed by atoms with van der Waals surface area (Å²) in [6, 6.07) is 8.04. The lowest BCUT2D eigenvalue weighted by Gasteiger charge is -2.26. The van der Waals surface area contributed by atoms with Gasteiger partial charge in [0.15, 0.2) is 17.0 Å². The number of morpholine rings is 1. The fourth-order valence-electron chi connectivity index (χ4n) is 7.04. The minimum atomic E-state index is -0.669. The number of nitrogens with zero attached hydrogens (tertiary/aromatic N) is 10. The van der Waals surface area contributed by atoms with Gasteiger partial charge in [0.25, 0.3) is 11.8 Å². The van der Waals surface area contributed by atoms with Gasteiger partial charge in [-0.15, -0.1) is 0 Å². The summed E-state index contributed by atoms with van der Waals surface area (Å²) in [6.07, 6.45) is 5.75. The summed E-state index contributed by atoms with van der Waals surface area (Å²) in [6.45, 7) is 13.4. The Morgan fingerprint density at radius 2 is 1.35 bits per heavy atom. The number of primary amides is 2. The van der Waals surface area contributed by atoms with Crippen molar-refractivity contribution in [2.75, 3.05) is 50.1 Å². The average Bonchev–Trinajstić information content (AvgIpc) is 4.00. The Kier molecular flexibility index (Phi) is 12.3. The summed E-state index contributed by atoms with van der Waals surface area (Å²) < 4.78 is 18.7. The molecule has 60 heavy (non-hydrogen) atoms. The van der Waals surface area contributed by atoms with Crippen molar-refractivity contribution < 1.29 is 28.7 Å². The Morgan fingerprint density at radius 3 is 1.93 bits per heavy atom. The third-order valence-electron chi connectivity index (χ3n) is 10.2. The molecule has 20 nitrogen and oxygen atoms in total. The zero-order valence-corrected chi connectivity index (χ0v) is 34.0. The first kappa shape index (κ1) is 41.2. The van der Waals surface area contributed by atoms with Crippen LogP contribution in [0, 0.1) is 13.8 Å². The molecule has 5 aromatic heterocycles. The molecular formula is C40H48N14O6. The number of allylic oxidation sites excluding steroid dienone is 2. The van der Waals surface area contributed by atoms with Crippen molar-refractivity contribution in [3.8, 4) is 5.75 Å². The molecule has 6 heterocycles. The number of carbonyl (C=O) groups excluding carboxylic acids is 4. The highest BCUT2D eigenvalue weighted by molar-refractivity contribution is 6.04. The van der Waals surface area contributed by atoms with Gasteiger partial charge >= 0.3 is 0 Å². The van der Waals surface area contributed by atoms with E-state index in [0.29, 0.717) is 67.3 Å². The highest BCUT2D eigenvalue weighted by Crippen LogP contribution is 2.32. The van der Waals surface area contributed by atoms with Crippen LogP contribution in [0.25, 0.3) is 22.2 Å². The minimum Gasteiger partial charge on any atom is -0.491 e. The van der Waals surface area contributed by atoms with Gasteiger partial charge in [-0.05, 0) is 64.4 Å². The summed E-state index contributed by atoms with van der Waals surface area (Å²) >= 11 is 0. The summed E-state index contributed by atoms with van der Waals surface area (Å²) in [5, 5.41) is 14.6. The Hall–Kier alpha value is -6.93. The van der Waals surface area contributed by atoms with Crippen molar-refractivity contribution in [3.05, 3.63) is 82.6 Å². The first-order valence-electron chi connectivity index (χ1n) is 19.7. The molecule has 0 radical (unpaired) electrons. The first-order valence-corrected chi connectivity index (χ1v) is 19.7. The van der Waals surface area contributed by atoms with E-state index in [0.717, 1.165) is 31.0 Å². The van der Waals surface area contributed by atoms with Gasteiger partial charge < -0.3 is 25.5 Å². The Morgan fingerprint density at radius 1 is 0.783 bits per heavy atom. The van der Waals surface area contributed by atoms with Crippen LogP contribution < -0.4 is 26.8 Å². The second kappa shape index (κ2) is 17.9. The largest absolute Gasteiger partial charge is 0.491 e. The van der Waals surface area contributed by atoms with Crippen molar-refractivity contribution in [3.63, 3.8) is 0 Å². The Bertz CT molecular complexity index is 2610. The molecule has 314 valence electrons. The van der Waals surface area contributed by atoms with E-state index in [-0.39, 0.29) is 47.5 Å². The van der Waals surface area contributed by atoms with E-state index in [9.17, 15) is 19.2 Å². The highest BCUT2D eigenvalue weighted by Gasteiger charge is 2.23. The number of rotatable bonds is 17. The van der Waals surface area contributed by atoms with Crippen LogP contribution in [0.5, 0.6) is 5.75 Å². The lowest BCUT2D eigenvalue weighted by atomic mass is 10.1. The van der Waals surface area contributed by atoms with Gasteiger partial charge in [0.2, 0.25) is 23.7 Å². The standard InChI is InChI=1S/C40H48N14O6/c1-5-53-24(3)18-30(48-53)37(57)46-39-44-28-20-26(34(41)55)22-32(60-15-9-10-50-13-16-59-17-14-50)33(28)51(39)11-7-8-12-52-36-29(21-27(23-43-36)35(42)56)45-40(52)47-38(58)31-19-25(4)54(6-2)49-31/h7-8,18-23H,5-6,9-17H2,1-4H3,(H2,41,55)(H2,42,56)(H,44,46,57)(H,45,47,58)/b8-7+. The molecule has 1 aliphatic rings. The second-order valence-electron chi connectivity index (χ2n) is 14.2. The van der Waals surface area contributed by atoms with Gasteiger partial charge in [-0.3, -0.25) is 48.6 Å². The number of fused-ring (bicyclic) bond motifs is 2. The third-order valence-corrected chi connectivity index (χ3v) is 10.2. The van der Waals surface area contributed by atoms with Crippen molar-refractivity contribution >= 4 is 57.7 Å². The molecule has 0 bridgehead atoms. The van der Waals surface area contributed by atoms with Crippen molar-refractivity contribution in [1.29, 1.82) is 0 Å². The number of nitrogens with one attached hydrogen (secondary N) is 2. The second-order valence-corrected chi connectivity index (χ2v) is 14.2. The number of hydrogen-bond donors (Lipinski definition) is 4. The molecule has 0 atom stereocenters. The number of aromatic nitrogens is 9. The molecule has 6 aromatic rings. The number of anilines is 2. The lowest BCUT2D eigenvalue weighted by Crippen LogP contribution is -2.37. The zero-order valence-electron chi connectivity index (χ0n) is 34.0. The fourth-order valence-corrected chi connectivity index (χ4v) is 7.04. The number of benzene rings is 1.